The van der Waals surface area contributed by atoms with Gasteiger partial charge in [-0.1, -0.05) is 11.6 Å². The molecule has 0 amide bonds. The van der Waals surface area contributed by atoms with Crippen molar-refractivity contribution in [3.63, 3.8) is 0 Å². The maximum atomic E-state index is 12.5. The SMILES string of the molecule is COc1c(C)cc(C(O)(c2cc(Cl)cc(C)c2OC)C(C)N(C)C(C)(C)C)cc1C. The molecule has 0 aromatic heterocycles. The molecule has 166 valence electrons. The summed E-state index contributed by atoms with van der Waals surface area (Å²) < 4.78 is 11.3. The van der Waals surface area contributed by atoms with Gasteiger partial charge in [-0.25, -0.2) is 0 Å². The maximum Gasteiger partial charge on any atom is 0.133 e. The summed E-state index contributed by atoms with van der Waals surface area (Å²) >= 11 is 6.46. The lowest BCUT2D eigenvalue weighted by Crippen LogP contribution is -2.54. The number of ether oxygens (including phenoxy) is 2. The Morgan fingerprint density at radius 1 is 0.900 bits per heavy atom. The van der Waals surface area contributed by atoms with Crippen LogP contribution in [0.25, 0.3) is 0 Å². The molecule has 0 aliphatic heterocycles. The normalized spacial score (nSPS) is 15.1. The van der Waals surface area contributed by atoms with Gasteiger partial charge >= 0.3 is 0 Å². The Hall–Kier alpha value is -1.75. The lowest BCUT2D eigenvalue weighted by molar-refractivity contribution is -0.0352. The second-order valence-electron chi connectivity index (χ2n) is 9.17. The summed E-state index contributed by atoms with van der Waals surface area (Å²) in [6.45, 7) is 14.4. The lowest BCUT2D eigenvalue weighted by atomic mass is 9.77. The number of aliphatic hydroxyl groups is 1. The predicted molar refractivity (Wildman–Crippen MR) is 125 cm³/mol. The van der Waals surface area contributed by atoms with Crippen LogP contribution in [0.1, 0.15) is 55.5 Å². The first-order chi connectivity index (χ1) is 13.8. The van der Waals surface area contributed by atoms with E-state index in [0.717, 1.165) is 28.0 Å². The highest BCUT2D eigenvalue weighted by Crippen LogP contribution is 2.45. The lowest BCUT2D eigenvalue weighted by Gasteiger charge is -2.46. The average molecular weight is 434 g/mol. The molecule has 0 fully saturated rings. The molecule has 0 aliphatic rings. The van der Waals surface area contributed by atoms with Crippen LogP contribution in [0, 0.1) is 20.8 Å². The van der Waals surface area contributed by atoms with E-state index in [1.165, 1.54) is 0 Å². The van der Waals surface area contributed by atoms with Gasteiger partial charge in [0.05, 0.1) is 14.2 Å². The van der Waals surface area contributed by atoms with Gasteiger partial charge in [-0.15, -0.1) is 0 Å². The molecule has 0 heterocycles. The summed E-state index contributed by atoms with van der Waals surface area (Å²) in [7, 11) is 5.33. The number of methoxy groups -OCH3 is 2. The molecule has 2 atom stereocenters. The van der Waals surface area contributed by atoms with Crippen molar-refractivity contribution in [3.8, 4) is 11.5 Å². The Balaban J connectivity index is 2.92. The number of hydrogen-bond donors (Lipinski definition) is 1. The van der Waals surface area contributed by atoms with E-state index in [4.69, 9.17) is 21.1 Å². The molecule has 0 bridgehead atoms. The molecule has 0 saturated carbocycles. The number of likely N-dealkylation sites (N-methyl/N-ethyl adjacent to an activating group) is 1. The molecule has 30 heavy (non-hydrogen) atoms. The largest absolute Gasteiger partial charge is 0.496 e. The first-order valence-electron chi connectivity index (χ1n) is 10.2. The highest BCUT2D eigenvalue weighted by molar-refractivity contribution is 6.30. The van der Waals surface area contributed by atoms with Crippen LogP contribution in [0.3, 0.4) is 0 Å². The third-order valence-corrected chi connectivity index (χ3v) is 6.42. The summed E-state index contributed by atoms with van der Waals surface area (Å²) in [6, 6.07) is 7.38. The van der Waals surface area contributed by atoms with Gasteiger partial charge in [-0.05, 0) is 102 Å². The molecule has 2 aromatic rings. The van der Waals surface area contributed by atoms with Gasteiger partial charge in [0.1, 0.15) is 17.1 Å². The quantitative estimate of drug-likeness (QED) is 0.640. The number of hydrogen-bond acceptors (Lipinski definition) is 4. The molecule has 0 saturated heterocycles. The van der Waals surface area contributed by atoms with Gasteiger partial charge in [0.25, 0.3) is 0 Å². The van der Waals surface area contributed by atoms with E-state index in [1.807, 2.05) is 59.0 Å². The topological polar surface area (TPSA) is 41.9 Å². The van der Waals surface area contributed by atoms with E-state index in [-0.39, 0.29) is 11.6 Å². The van der Waals surface area contributed by atoms with Crippen LogP contribution >= 0.6 is 11.6 Å². The summed E-state index contributed by atoms with van der Waals surface area (Å²) in [5.41, 5.74) is 2.72. The van der Waals surface area contributed by atoms with Crippen molar-refractivity contribution >= 4 is 11.6 Å². The maximum absolute atomic E-state index is 12.5. The van der Waals surface area contributed by atoms with Crippen LogP contribution in [0.4, 0.5) is 0 Å². The fourth-order valence-corrected chi connectivity index (χ4v) is 4.53. The molecule has 4 nitrogen and oxygen atoms in total. The zero-order valence-corrected chi connectivity index (χ0v) is 20.7. The molecular weight excluding hydrogens is 398 g/mol. The van der Waals surface area contributed by atoms with Crippen molar-refractivity contribution in [1.29, 1.82) is 0 Å². The third kappa shape index (κ3) is 4.32. The van der Waals surface area contributed by atoms with Crippen LogP contribution < -0.4 is 9.47 Å². The standard InChI is InChI=1S/C25H36ClNO3/c1-15-11-19(12-16(2)22(15)29-9)25(28,18(4)27(8)24(5,6)7)21-14-20(26)13-17(3)23(21)30-10/h11-14,18,28H,1-10H3. The van der Waals surface area contributed by atoms with Crippen LogP contribution in [-0.4, -0.2) is 42.9 Å². The van der Waals surface area contributed by atoms with Gasteiger partial charge in [0.2, 0.25) is 0 Å². The van der Waals surface area contributed by atoms with Crippen molar-refractivity contribution in [2.75, 3.05) is 21.3 Å². The highest BCUT2D eigenvalue weighted by atomic mass is 35.5. The minimum atomic E-state index is -1.37. The van der Waals surface area contributed by atoms with Crippen molar-refractivity contribution in [2.45, 2.75) is 65.6 Å². The first-order valence-corrected chi connectivity index (χ1v) is 10.6. The number of aryl methyl sites for hydroxylation is 3. The molecule has 1 N–H and O–H groups in total. The minimum Gasteiger partial charge on any atom is -0.496 e. The number of nitrogens with zero attached hydrogens (tertiary/aromatic N) is 1. The van der Waals surface area contributed by atoms with Gasteiger partial charge in [-0.3, -0.25) is 4.90 Å². The smallest absolute Gasteiger partial charge is 0.133 e. The first kappa shape index (κ1) is 24.5. The van der Waals surface area contributed by atoms with Crippen molar-refractivity contribution < 1.29 is 14.6 Å². The van der Waals surface area contributed by atoms with Gasteiger partial charge in [-0.2, -0.15) is 0 Å². The fraction of sp³-hybridized carbons (Fsp3) is 0.520. The molecule has 5 heteroatoms. The summed E-state index contributed by atoms with van der Waals surface area (Å²) in [5.74, 6) is 1.47. The van der Waals surface area contributed by atoms with Crippen LogP contribution in [-0.2, 0) is 5.60 Å². The van der Waals surface area contributed by atoms with Crippen LogP contribution in [0.15, 0.2) is 24.3 Å². The Labute approximate surface area is 186 Å². The number of benzene rings is 2. The van der Waals surface area contributed by atoms with Gasteiger partial charge < -0.3 is 14.6 Å². The zero-order valence-electron chi connectivity index (χ0n) is 20.0. The monoisotopic (exact) mass is 433 g/mol. The van der Waals surface area contributed by atoms with Gasteiger partial charge in [0, 0.05) is 22.2 Å². The summed E-state index contributed by atoms with van der Waals surface area (Å²) in [5, 5.41) is 13.1. The van der Waals surface area contributed by atoms with E-state index in [1.54, 1.807) is 14.2 Å². The number of rotatable bonds is 6. The van der Waals surface area contributed by atoms with Crippen molar-refractivity contribution in [1.82, 2.24) is 4.90 Å². The number of halogens is 1. The third-order valence-electron chi connectivity index (χ3n) is 6.20. The highest BCUT2D eigenvalue weighted by Gasteiger charge is 2.45. The van der Waals surface area contributed by atoms with Crippen LogP contribution in [0.2, 0.25) is 5.02 Å². The van der Waals surface area contributed by atoms with Crippen LogP contribution in [0.5, 0.6) is 11.5 Å². The molecule has 0 aliphatic carbocycles. The van der Waals surface area contributed by atoms with E-state index in [9.17, 15) is 5.11 Å². The second-order valence-corrected chi connectivity index (χ2v) is 9.61. The summed E-state index contributed by atoms with van der Waals surface area (Å²) in [4.78, 5) is 2.18. The Morgan fingerprint density at radius 2 is 1.37 bits per heavy atom. The molecular formula is C25H36ClNO3. The molecule has 2 unspecified atom stereocenters. The molecule has 0 spiro atoms. The van der Waals surface area contributed by atoms with E-state index in [0.29, 0.717) is 16.3 Å². The second kappa shape index (κ2) is 8.78. The molecule has 2 aromatic carbocycles. The van der Waals surface area contributed by atoms with E-state index < -0.39 is 5.60 Å². The molecule has 2 rings (SSSR count). The van der Waals surface area contributed by atoms with Crippen molar-refractivity contribution in [2.24, 2.45) is 0 Å². The Kier molecular flexibility index (Phi) is 7.17. The average Bonchev–Trinajstić information content (AvgIpc) is 2.64. The molecule has 0 radical (unpaired) electrons. The van der Waals surface area contributed by atoms with E-state index in [2.05, 4.69) is 25.7 Å². The Morgan fingerprint density at radius 3 is 1.80 bits per heavy atom. The van der Waals surface area contributed by atoms with Gasteiger partial charge in [0.15, 0.2) is 0 Å². The minimum absolute atomic E-state index is 0.162. The van der Waals surface area contributed by atoms with Crippen molar-refractivity contribution in [3.05, 3.63) is 57.1 Å². The van der Waals surface area contributed by atoms with E-state index >= 15 is 0 Å². The Bertz CT molecular complexity index is 896. The zero-order chi connectivity index (χ0) is 23.0. The predicted octanol–water partition coefficient (Wildman–Crippen LogP) is 5.64. The summed E-state index contributed by atoms with van der Waals surface area (Å²) in [6.07, 6.45) is 0. The fourth-order valence-electron chi connectivity index (χ4n) is 4.26.